The van der Waals surface area contributed by atoms with Crippen LogP contribution in [-0.4, -0.2) is 32.2 Å². The fourth-order valence-electron chi connectivity index (χ4n) is 2.39. The molecule has 5 nitrogen and oxygen atoms in total. The molecule has 1 aromatic heterocycles. The minimum absolute atomic E-state index is 0.338. The van der Waals surface area contributed by atoms with Gasteiger partial charge in [-0.05, 0) is 24.1 Å². The Morgan fingerprint density at radius 3 is 2.57 bits per heavy atom. The average molecular weight is 282 g/mol. The summed E-state index contributed by atoms with van der Waals surface area (Å²) in [4.78, 5) is 0. The first-order valence-electron chi connectivity index (χ1n) is 7.00. The van der Waals surface area contributed by atoms with Gasteiger partial charge in [0.2, 0.25) is 0 Å². The molecule has 2 aromatic carbocycles. The van der Waals surface area contributed by atoms with Gasteiger partial charge in [-0.3, -0.25) is 0 Å². The van der Waals surface area contributed by atoms with E-state index in [-0.39, 0.29) is 6.04 Å². The lowest BCUT2D eigenvalue weighted by Gasteiger charge is -2.19. The van der Waals surface area contributed by atoms with Crippen LogP contribution in [0.2, 0.25) is 0 Å². The Kier molecular flexibility index (Phi) is 3.94. The Hall–Kier alpha value is -2.24. The fourth-order valence-corrected chi connectivity index (χ4v) is 2.39. The van der Waals surface area contributed by atoms with E-state index < -0.39 is 6.10 Å². The third kappa shape index (κ3) is 3.09. The summed E-state index contributed by atoms with van der Waals surface area (Å²) in [6.07, 6.45) is -0.0374. The molecule has 21 heavy (non-hydrogen) atoms. The SMILES string of the molecule is N[C@H](Cc1ccccc1)[C@@H](O)Cn1nnc2ccccc21. The molecule has 0 saturated heterocycles. The number of hydrogen-bond donors (Lipinski definition) is 2. The number of rotatable bonds is 5. The molecule has 0 aliphatic rings. The molecule has 5 heteroatoms. The third-order valence-electron chi connectivity index (χ3n) is 3.59. The zero-order chi connectivity index (χ0) is 14.7. The number of aliphatic hydroxyl groups excluding tert-OH is 1. The van der Waals surface area contributed by atoms with Gasteiger partial charge in [-0.2, -0.15) is 0 Å². The van der Waals surface area contributed by atoms with Crippen molar-refractivity contribution in [1.29, 1.82) is 0 Å². The molecule has 3 rings (SSSR count). The van der Waals surface area contributed by atoms with Crippen molar-refractivity contribution in [3.05, 3.63) is 60.2 Å². The molecule has 3 N–H and O–H groups in total. The molecule has 108 valence electrons. The molecule has 0 fully saturated rings. The van der Waals surface area contributed by atoms with E-state index in [1.807, 2.05) is 54.6 Å². The van der Waals surface area contributed by atoms with E-state index in [1.165, 1.54) is 0 Å². The molecule has 0 spiro atoms. The lowest BCUT2D eigenvalue weighted by atomic mass is 10.0. The number of aromatic nitrogens is 3. The maximum atomic E-state index is 10.3. The van der Waals surface area contributed by atoms with Gasteiger partial charge >= 0.3 is 0 Å². The zero-order valence-corrected chi connectivity index (χ0v) is 11.6. The quantitative estimate of drug-likeness (QED) is 0.741. The van der Waals surface area contributed by atoms with Crippen LogP contribution in [-0.2, 0) is 13.0 Å². The predicted octanol–water partition coefficient (Wildman–Crippen LogP) is 1.36. The number of nitrogens with two attached hydrogens (primary N) is 1. The van der Waals surface area contributed by atoms with E-state index in [4.69, 9.17) is 5.73 Å². The van der Waals surface area contributed by atoms with Crippen molar-refractivity contribution in [2.45, 2.75) is 25.1 Å². The third-order valence-corrected chi connectivity index (χ3v) is 3.59. The lowest BCUT2D eigenvalue weighted by molar-refractivity contribution is 0.121. The number of benzene rings is 2. The summed E-state index contributed by atoms with van der Waals surface area (Å²) in [6.45, 7) is 0.342. The van der Waals surface area contributed by atoms with Crippen LogP contribution in [0.3, 0.4) is 0 Å². The van der Waals surface area contributed by atoms with Gasteiger partial charge in [0, 0.05) is 6.04 Å². The van der Waals surface area contributed by atoms with Gasteiger partial charge in [-0.1, -0.05) is 47.7 Å². The molecule has 3 aromatic rings. The summed E-state index contributed by atoms with van der Waals surface area (Å²) < 4.78 is 1.70. The van der Waals surface area contributed by atoms with Crippen molar-refractivity contribution in [3.8, 4) is 0 Å². The van der Waals surface area contributed by atoms with Crippen LogP contribution in [0.4, 0.5) is 0 Å². The number of aliphatic hydroxyl groups is 1. The molecule has 1 heterocycles. The highest BCUT2D eigenvalue weighted by Gasteiger charge is 2.17. The smallest absolute Gasteiger partial charge is 0.113 e. The van der Waals surface area contributed by atoms with Crippen molar-refractivity contribution < 1.29 is 5.11 Å². The van der Waals surface area contributed by atoms with Gasteiger partial charge in [0.05, 0.1) is 18.2 Å². The maximum absolute atomic E-state index is 10.3. The Labute approximate surface area is 123 Å². The van der Waals surface area contributed by atoms with Crippen molar-refractivity contribution in [2.75, 3.05) is 0 Å². The van der Waals surface area contributed by atoms with Gasteiger partial charge in [0.1, 0.15) is 5.52 Å². The number of fused-ring (bicyclic) bond motifs is 1. The van der Waals surface area contributed by atoms with Crippen LogP contribution in [0, 0.1) is 0 Å². The van der Waals surface area contributed by atoms with E-state index in [0.717, 1.165) is 16.6 Å². The first-order valence-corrected chi connectivity index (χ1v) is 7.00. The van der Waals surface area contributed by atoms with Crippen molar-refractivity contribution in [2.24, 2.45) is 5.73 Å². The topological polar surface area (TPSA) is 77.0 Å². The maximum Gasteiger partial charge on any atom is 0.113 e. The van der Waals surface area contributed by atoms with E-state index in [9.17, 15) is 5.11 Å². The molecule has 0 bridgehead atoms. The predicted molar refractivity (Wildman–Crippen MR) is 81.7 cm³/mol. The van der Waals surface area contributed by atoms with Crippen LogP contribution in [0.25, 0.3) is 11.0 Å². The van der Waals surface area contributed by atoms with E-state index in [2.05, 4.69) is 10.3 Å². The number of para-hydroxylation sites is 1. The van der Waals surface area contributed by atoms with Crippen LogP contribution < -0.4 is 5.73 Å². The van der Waals surface area contributed by atoms with Gasteiger partial charge in [-0.25, -0.2) is 4.68 Å². The van der Waals surface area contributed by atoms with E-state index >= 15 is 0 Å². The monoisotopic (exact) mass is 282 g/mol. The van der Waals surface area contributed by atoms with Gasteiger partial charge < -0.3 is 10.8 Å². The van der Waals surface area contributed by atoms with Crippen LogP contribution >= 0.6 is 0 Å². The molecule has 2 atom stereocenters. The minimum atomic E-state index is -0.671. The van der Waals surface area contributed by atoms with Crippen molar-refractivity contribution in [1.82, 2.24) is 15.0 Å². The second-order valence-corrected chi connectivity index (χ2v) is 5.18. The van der Waals surface area contributed by atoms with Crippen LogP contribution in [0.1, 0.15) is 5.56 Å². The Morgan fingerprint density at radius 1 is 1.05 bits per heavy atom. The highest BCUT2D eigenvalue weighted by atomic mass is 16.3. The van der Waals surface area contributed by atoms with Gasteiger partial charge in [0.15, 0.2) is 0 Å². The number of hydrogen-bond acceptors (Lipinski definition) is 4. The Bertz CT molecular complexity index is 710. The van der Waals surface area contributed by atoms with Crippen LogP contribution in [0.5, 0.6) is 0 Å². The first-order chi connectivity index (χ1) is 10.2. The van der Waals surface area contributed by atoms with Crippen molar-refractivity contribution in [3.63, 3.8) is 0 Å². The Morgan fingerprint density at radius 2 is 1.76 bits per heavy atom. The standard InChI is InChI=1S/C16H18N4O/c17-13(10-12-6-2-1-3-7-12)16(21)11-20-15-9-5-4-8-14(15)18-19-20/h1-9,13,16,21H,10-11,17H2/t13-,16+/m1/s1. The second kappa shape index (κ2) is 6.03. The second-order valence-electron chi connectivity index (χ2n) is 5.18. The van der Waals surface area contributed by atoms with Crippen molar-refractivity contribution >= 4 is 11.0 Å². The molecular weight excluding hydrogens is 264 g/mol. The molecular formula is C16H18N4O. The summed E-state index contributed by atoms with van der Waals surface area (Å²) in [5.74, 6) is 0. The molecule has 0 aliphatic heterocycles. The molecule has 0 aliphatic carbocycles. The van der Waals surface area contributed by atoms with Gasteiger partial charge in [-0.15, -0.1) is 5.10 Å². The molecule has 0 radical (unpaired) electrons. The first kappa shape index (κ1) is 13.7. The average Bonchev–Trinajstić information content (AvgIpc) is 2.91. The van der Waals surface area contributed by atoms with Crippen LogP contribution in [0.15, 0.2) is 54.6 Å². The largest absolute Gasteiger partial charge is 0.390 e. The zero-order valence-electron chi connectivity index (χ0n) is 11.6. The molecule has 0 amide bonds. The van der Waals surface area contributed by atoms with E-state index in [1.54, 1.807) is 4.68 Å². The highest BCUT2D eigenvalue weighted by molar-refractivity contribution is 5.73. The summed E-state index contributed by atoms with van der Waals surface area (Å²) in [5.41, 5.74) is 8.94. The summed E-state index contributed by atoms with van der Waals surface area (Å²) >= 11 is 0. The summed E-state index contributed by atoms with van der Waals surface area (Å²) in [7, 11) is 0. The summed E-state index contributed by atoms with van der Waals surface area (Å²) in [5, 5.41) is 18.4. The normalized spacial score (nSPS) is 14.2. The highest BCUT2D eigenvalue weighted by Crippen LogP contribution is 2.12. The number of nitrogens with zero attached hydrogens (tertiary/aromatic N) is 3. The fraction of sp³-hybridized carbons (Fsp3) is 0.250. The lowest BCUT2D eigenvalue weighted by Crippen LogP contribution is -2.39. The summed E-state index contributed by atoms with van der Waals surface area (Å²) in [6, 6.07) is 17.3. The van der Waals surface area contributed by atoms with Gasteiger partial charge in [0.25, 0.3) is 0 Å². The molecule has 0 saturated carbocycles. The van der Waals surface area contributed by atoms with E-state index in [0.29, 0.717) is 13.0 Å². The minimum Gasteiger partial charge on any atom is -0.390 e. The molecule has 0 unspecified atom stereocenters. The Balaban J connectivity index is 1.69.